The van der Waals surface area contributed by atoms with Gasteiger partial charge in [0.05, 0.1) is 19.3 Å². The summed E-state index contributed by atoms with van der Waals surface area (Å²) in [4.78, 5) is 0. The van der Waals surface area contributed by atoms with Gasteiger partial charge in [0.2, 0.25) is 0 Å². The highest BCUT2D eigenvalue weighted by Crippen LogP contribution is 2.47. The molecule has 1 saturated heterocycles. The quantitative estimate of drug-likeness (QED) is 0.838. The summed E-state index contributed by atoms with van der Waals surface area (Å²) in [7, 11) is 1.00. The van der Waals surface area contributed by atoms with Crippen LogP contribution in [0.5, 0.6) is 0 Å². The van der Waals surface area contributed by atoms with Crippen LogP contribution in [0, 0.1) is 5.92 Å². The fraction of sp³-hybridized carbons (Fsp3) is 0.500. The van der Waals surface area contributed by atoms with Gasteiger partial charge in [0.25, 0.3) is 0 Å². The van der Waals surface area contributed by atoms with Crippen LogP contribution < -0.4 is 0 Å². The molecule has 2 heterocycles. The summed E-state index contributed by atoms with van der Waals surface area (Å²) in [5.41, 5.74) is 6.34. The standard InChI is InChI=1S/C23H28O3.CH4O/c1-3-17-4-6-18(7-5-17)11-19-8-9-20-15-25-23(22(20)12-19)13-16(2)10-21(14-24)26-23;1-2/h4-9,12,16,21,24H,3,10-11,13-15H2,1-2H3;2H,1H3/t16?,21?,23-;/m1./s1. The molecule has 0 saturated carbocycles. The maximum absolute atomic E-state index is 9.61. The summed E-state index contributed by atoms with van der Waals surface area (Å²) in [6.07, 6.45) is 3.58. The first-order valence-corrected chi connectivity index (χ1v) is 10.2. The van der Waals surface area contributed by atoms with E-state index in [4.69, 9.17) is 14.6 Å². The van der Waals surface area contributed by atoms with Crippen molar-refractivity contribution in [3.8, 4) is 0 Å². The number of hydrogen-bond acceptors (Lipinski definition) is 4. The number of aliphatic hydroxyl groups is 2. The predicted molar refractivity (Wildman–Crippen MR) is 110 cm³/mol. The zero-order valence-electron chi connectivity index (χ0n) is 17.1. The zero-order chi connectivity index (χ0) is 20.1. The summed E-state index contributed by atoms with van der Waals surface area (Å²) in [5, 5.41) is 16.6. The lowest BCUT2D eigenvalue weighted by Gasteiger charge is -2.40. The Balaban J connectivity index is 0.00000109. The van der Waals surface area contributed by atoms with Gasteiger partial charge < -0.3 is 19.7 Å². The zero-order valence-corrected chi connectivity index (χ0v) is 17.1. The third-order valence-electron chi connectivity index (χ3n) is 5.73. The number of hydrogen-bond donors (Lipinski definition) is 2. The van der Waals surface area contributed by atoms with Crippen LogP contribution in [-0.4, -0.2) is 30.0 Å². The molecule has 28 heavy (non-hydrogen) atoms. The minimum absolute atomic E-state index is 0.0499. The van der Waals surface area contributed by atoms with Crippen LogP contribution in [-0.2, 0) is 34.7 Å². The second-order valence-corrected chi connectivity index (χ2v) is 7.85. The van der Waals surface area contributed by atoms with Crippen molar-refractivity contribution in [3.63, 3.8) is 0 Å². The summed E-state index contributed by atoms with van der Waals surface area (Å²) < 4.78 is 12.4. The number of ether oxygens (including phenoxy) is 2. The highest BCUT2D eigenvalue weighted by atomic mass is 16.7. The van der Waals surface area contributed by atoms with Crippen molar-refractivity contribution in [1.82, 2.24) is 0 Å². The van der Waals surface area contributed by atoms with E-state index in [2.05, 4.69) is 56.3 Å². The van der Waals surface area contributed by atoms with E-state index in [-0.39, 0.29) is 12.7 Å². The molecule has 0 aliphatic carbocycles. The molecule has 0 amide bonds. The molecule has 0 bridgehead atoms. The van der Waals surface area contributed by atoms with Crippen LogP contribution in [0.1, 0.15) is 54.5 Å². The molecule has 0 aromatic heterocycles. The third-order valence-corrected chi connectivity index (χ3v) is 5.73. The first kappa shape index (κ1) is 21.0. The highest BCUT2D eigenvalue weighted by molar-refractivity contribution is 5.40. The Morgan fingerprint density at radius 3 is 2.39 bits per heavy atom. The molecule has 2 aromatic rings. The Bertz CT molecular complexity index is 771. The SMILES string of the molecule is CCc1ccc(Cc2ccc3c(c2)[C@]2(CC(C)CC(CO)O2)OC3)cc1.CO. The second-order valence-electron chi connectivity index (χ2n) is 7.85. The molecule has 152 valence electrons. The van der Waals surface area contributed by atoms with Gasteiger partial charge in [0, 0.05) is 19.1 Å². The van der Waals surface area contributed by atoms with Crippen LogP contribution in [0.25, 0.3) is 0 Å². The Kier molecular flexibility index (Phi) is 6.89. The van der Waals surface area contributed by atoms with Crippen LogP contribution >= 0.6 is 0 Å². The molecular weight excluding hydrogens is 352 g/mol. The van der Waals surface area contributed by atoms with Gasteiger partial charge in [-0.15, -0.1) is 0 Å². The Morgan fingerprint density at radius 2 is 1.71 bits per heavy atom. The number of fused-ring (bicyclic) bond motifs is 2. The Morgan fingerprint density at radius 1 is 1.04 bits per heavy atom. The molecule has 4 nitrogen and oxygen atoms in total. The highest BCUT2D eigenvalue weighted by Gasteiger charge is 2.47. The molecule has 1 fully saturated rings. The van der Waals surface area contributed by atoms with Crippen molar-refractivity contribution in [2.45, 2.75) is 58.0 Å². The minimum atomic E-state index is -0.678. The van der Waals surface area contributed by atoms with Gasteiger partial charge in [0.1, 0.15) is 0 Å². The van der Waals surface area contributed by atoms with E-state index in [1.165, 1.54) is 22.3 Å². The maximum atomic E-state index is 9.61. The molecular formula is C24H32O4. The van der Waals surface area contributed by atoms with E-state index in [0.717, 1.165) is 38.4 Å². The summed E-state index contributed by atoms with van der Waals surface area (Å²) in [5.74, 6) is -0.209. The van der Waals surface area contributed by atoms with E-state index in [1.54, 1.807) is 0 Å². The molecule has 2 N–H and O–H groups in total. The number of rotatable bonds is 4. The van der Waals surface area contributed by atoms with E-state index in [0.29, 0.717) is 12.5 Å². The molecule has 2 unspecified atom stereocenters. The van der Waals surface area contributed by atoms with Gasteiger partial charge >= 0.3 is 0 Å². The van der Waals surface area contributed by atoms with Crippen molar-refractivity contribution in [3.05, 3.63) is 70.3 Å². The van der Waals surface area contributed by atoms with Crippen molar-refractivity contribution >= 4 is 0 Å². The fourth-order valence-electron chi connectivity index (χ4n) is 4.35. The van der Waals surface area contributed by atoms with Crippen LogP contribution in [0.3, 0.4) is 0 Å². The van der Waals surface area contributed by atoms with Crippen LogP contribution in [0.2, 0.25) is 0 Å². The van der Waals surface area contributed by atoms with Gasteiger partial charge in [0.15, 0.2) is 5.79 Å². The lowest BCUT2D eigenvalue weighted by Crippen LogP contribution is -2.42. The molecule has 3 atom stereocenters. The molecule has 4 heteroatoms. The number of benzene rings is 2. The largest absolute Gasteiger partial charge is 0.400 e. The van der Waals surface area contributed by atoms with Crippen LogP contribution in [0.15, 0.2) is 42.5 Å². The van der Waals surface area contributed by atoms with Crippen LogP contribution in [0.4, 0.5) is 0 Å². The predicted octanol–water partition coefficient (Wildman–Crippen LogP) is 3.94. The lowest BCUT2D eigenvalue weighted by molar-refractivity contribution is -0.296. The molecule has 0 radical (unpaired) electrons. The normalized spacial score (nSPS) is 25.9. The summed E-state index contributed by atoms with van der Waals surface area (Å²) >= 11 is 0. The molecule has 2 aliphatic rings. The first-order valence-electron chi connectivity index (χ1n) is 10.2. The Labute approximate surface area is 168 Å². The molecule has 2 aromatic carbocycles. The van der Waals surface area contributed by atoms with Gasteiger partial charge in [-0.3, -0.25) is 0 Å². The Hall–Kier alpha value is -1.72. The first-order chi connectivity index (χ1) is 13.6. The van der Waals surface area contributed by atoms with E-state index >= 15 is 0 Å². The average molecular weight is 385 g/mol. The van der Waals surface area contributed by atoms with Crippen molar-refractivity contribution in [1.29, 1.82) is 0 Å². The monoisotopic (exact) mass is 384 g/mol. The van der Waals surface area contributed by atoms with Crippen molar-refractivity contribution in [2.24, 2.45) is 5.92 Å². The van der Waals surface area contributed by atoms with Crippen molar-refractivity contribution in [2.75, 3.05) is 13.7 Å². The van der Waals surface area contributed by atoms with Gasteiger partial charge in [-0.25, -0.2) is 0 Å². The van der Waals surface area contributed by atoms with Crippen molar-refractivity contribution < 1.29 is 19.7 Å². The average Bonchev–Trinajstić information content (AvgIpc) is 3.06. The summed E-state index contributed by atoms with van der Waals surface area (Å²) in [6, 6.07) is 15.5. The topological polar surface area (TPSA) is 58.9 Å². The van der Waals surface area contributed by atoms with Gasteiger partial charge in [-0.1, -0.05) is 50.2 Å². The molecule has 4 rings (SSSR count). The van der Waals surface area contributed by atoms with E-state index in [1.807, 2.05) is 0 Å². The number of aryl methyl sites for hydroxylation is 1. The molecule has 1 spiro atoms. The van der Waals surface area contributed by atoms with E-state index in [9.17, 15) is 5.11 Å². The fourth-order valence-corrected chi connectivity index (χ4v) is 4.35. The second kappa shape index (κ2) is 9.19. The van der Waals surface area contributed by atoms with Gasteiger partial charge in [-0.05, 0) is 53.5 Å². The number of aliphatic hydroxyl groups excluding tert-OH is 2. The summed E-state index contributed by atoms with van der Waals surface area (Å²) in [6.45, 7) is 5.03. The third kappa shape index (κ3) is 4.31. The van der Waals surface area contributed by atoms with Gasteiger partial charge in [-0.2, -0.15) is 0 Å². The smallest absolute Gasteiger partial charge is 0.196 e. The minimum Gasteiger partial charge on any atom is -0.400 e. The molecule has 2 aliphatic heterocycles. The lowest BCUT2D eigenvalue weighted by atomic mass is 9.86. The maximum Gasteiger partial charge on any atom is 0.196 e. The van der Waals surface area contributed by atoms with E-state index < -0.39 is 5.79 Å².